The molecule has 0 saturated heterocycles. The van der Waals surface area contributed by atoms with E-state index in [1.165, 1.54) is 0 Å². The van der Waals surface area contributed by atoms with Gasteiger partial charge in [0, 0.05) is 12.1 Å². The van der Waals surface area contributed by atoms with Crippen molar-refractivity contribution in [1.82, 2.24) is 10.2 Å². The quantitative estimate of drug-likeness (QED) is 0.817. The highest BCUT2D eigenvalue weighted by atomic mass is 16.2. The summed E-state index contributed by atoms with van der Waals surface area (Å²) in [5.41, 5.74) is 3.89. The van der Waals surface area contributed by atoms with Crippen LogP contribution in [0, 0.1) is 13.8 Å². The minimum atomic E-state index is -0.558. The maximum Gasteiger partial charge on any atom is 0.242 e. The molecule has 0 fully saturated rings. The van der Waals surface area contributed by atoms with E-state index in [0.717, 1.165) is 22.3 Å². The smallest absolute Gasteiger partial charge is 0.242 e. The van der Waals surface area contributed by atoms with Gasteiger partial charge >= 0.3 is 0 Å². The van der Waals surface area contributed by atoms with Gasteiger partial charge in [-0.25, -0.2) is 0 Å². The zero-order valence-electron chi connectivity index (χ0n) is 17.9. The second-order valence-electron chi connectivity index (χ2n) is 8.59. The van der Waals surface area contributed by atoms with Gasteiger partial charge in [0.15, 0.2) is 0 Å². The highest BCUT2D eigenvalue weighted by molar-refractivity contribution is 5.88. The third kappa shape index (κ3) is 6.52. The van der Waals surface area contributed by atoms with Crippen molar-refractivity contribution in [3.8, 4) is 0 Å². The lowest BCUT2D eigenvalue weighted by Gasteiger charge is -2.31. The van der Waals surface area contributed by atoms with Crippen molar-refractivity contribution in [2.24, 2.45) is 0 Å². The normalized spacial score (nSPS) is 12.4. The number of carbonyl (C=O) groups is 2. The van der Waals surface area contributed by atoms with Gasteiger partial charge in [-0.3, -0.25) is 9.59 Å². The summed E-state index contributed by atoms with van der Waals surface area (Å²) in [5, 5.41) is 2.99. The topological polar surface area (TPSA) is 49.4 Å². The number of hydrogen-bond donors (Lipinski definition) is 1. The number of nitrogens with one attached hydrogen (secondary N) is 1. The fourth-order valence-corrected chi connectivity index (χ4v) is 3.16. The van der Waals surface area contributed by atoms with E-state index in [4.69, 9.17) is 0 Å². The SMILES string of the molecule is Cc1cccc(CC(=O)N(Cc2cccc(C)c2)C(C)C(=O)NC(C)(C)C)c1. The summed E-state index contributed by atoms with van der Waals surface area (Å²) in [7, 11) is 0. The maximum absolute atomic E-state index is 13.2. The fraction of sp³-hybridized carbons (Fsp3) is 0.417. The maximum atomic E-state index is 13.2. The molecule has 0 saturated carbocycles. The van der Waals surface area contributed by atoms with Crippen LogP contribution < -0.4 is 5.32 Å². The molecule has 2 amide bonds. The molecule has 0 aliphatic carbocycles. The number of nitrogens with zero attached hydrogens (tertiary/aromatic N) is 1. The van der Waals surface area contributed by atoms with Crippen LogP contribution in [0.15, 0.2) is 48.5 Å². The van der Waals surface area contributed by atoms with Gasteiger partial charge in [0.25, 0.3) is 0 Å². The van der Waals surface area contributed by atoms with Gasteiger partial charge in [0.05, 0.1) is 6.42 Å². The van der Waals surface area contributed by atoms with Gasteiger partial charge in [0.2, 0.25) is 11.8 Å². The molecule has 4 heteroatoms. The minimum Gasteiger partial charge on any atom is -0.350 e. The van der Waals surface area contributed by atoms with Gasteiger partial charge in [0.1, 0.15) is 6.04 Å². The lowest BCUT2D eigenvalue weighted by atomic mass is 10.0. The molecule has 0 aliphatic rings. The molecule has 1 atom stereocenters. The Bertz CT molecular complexity index is 836. The Morgan fingerprint density at radius 2 is 1.50 bits per heavy atom. The van der Waals surface area contributed by atoms with Crippen LogP contribution in [0.2, 0.25) is 0 Å². The first-order chi connectivity index (χ1) is 13.0. The predicted molar refractivity (Wildman–Crippen MR) is 114 cm³/mol. The van der Waals surface area contributed by atoms with Crippen LogP contribution >= 0.6 is 0 Å². The second kappa shape index (κ2) is 9.05. The van der Waals surface area contributed by atoms with Crippen LogP contribution in [0.25, 0.3) is 0 Å². The number of hydrogen-bond acceptors (Lipinski definition) is 2. The molecular formula is C24H32N2O2. The van der Waals surface area contributed by atoms with E-state index in [9.17, 15) is 9.59 Å². The zero-order valence-corrected chi connectivity index (χ0v) is 17.9. The first kappa shape index (κ1) is 21.7. The summed E-state index contributed by atoms with van der Waals surface area (Å²) in [5.74, 6) is -0.193. The third-order valence-electron chi connectivity index (χ3n) is 4.54. The molecule has 2 aromatic carbocycles. The van der Waals surface area contributed by atoms with Crippen LogP contribution in [0.4, 0.5) is 0 Å². The van der Waals surface area contributed by atoms with Crippen LogP contribution in [-0.4, -0.2) is 28.3 Å². The molecular weight excluding hydrogens is 348 g/mol. The van der Waals surface area contributed by atoms with E-state index >= 15 is 0 Å². The Morgan fingerprint density at radius 3 is 2.04 bits per heavy atom. The number of carbonyl (C=O) groups excluding carboxylic acids is 2. The standard InChI is InChI=1S/C24H32N2O2/c1-17-9-7-11-20(13-17)15-22(27)26(16-21-12-8-10-18(2)14-21)19(3)23(28)25-24(4,5)6/h7-14,19H,15-16H2,1-6H3,(H,25,28). The van der Waals surface area contributed by atoms with Gasteiger partial charge in [-0.1, -0.05) is 59.7 Å². The van der Waals surface area contributed by atoms with E-state index in [1.807, 2.05) is 77.1 Å². The van der Waals surface area contributed by atoms with Crippen molar-refractivity contribution in [3.05, 3.63) is 70.8 Å². The molecule has 2 aromatic rings. The molecule has 1 N–H and O–H groups in total. The van der Waals surface area contributed by atoms with Crippen LogP contribution in [-0.2, 0) is 22.6 Å². The van der Waals surface area contributed by atoms with Gasteiger partial charge in [-0.15, -0.1) is 0 Å². The molecule has 0 aromatic heterocycles. The van der Waals surface area contributed by atoms with Crippen molar-refractivity contribution in [1.29, 1.82) is 0 Å². The van der Waals surface area contributed by atoms with Crippen LogP contribution in [0.1, 0.15) is 49.9 Å². The van der Waals surface area contributed by atoms with Crippen molar-refractivity contribution in [3.63, 3.8) is 0 Å². The molecule has 0 radical (unpaired) electrons. The summed E-state index contributed by atoms with van der Waals surface area (Å²) in [6.45, 7) is 12.1. The number of amides is 2. The lowest BCUT2D eigenvalue weighted by Crippen LogP contribution is -2.52. The van der Waals surface area contributed by atoms with E-state index in [-0.39, 0.29) is 23.8 Å². The largest absolute Gasteiger partial charge is 0.350 e. The molecule has 0 aliphatic heterocycles. The Kier molecular flexibility index (Phi) is 7.00. The van der Waals surface area contributed by atoms with E-state index in [2.05, 4.69) is 11.4 Å². The third-order valence-corrected chi connectivity index (χ3v) is 4.54. The molecule has 2 rings (SSSR count). The number of aryl methyl sites for hydroxylation is 2. The lowest BCUT2D eigenvalue weighted by molar-refractivity contribution is -0.140. The Morgan fingerprint density at radius 1 is 0.964 bits per heavy atom. The number of benzene rings is 2. The molecule has 4 nitrogen and oxygen atoms in total. The first-order valence-electron chi connectivity index (χ1n) is 9.78. The summed E-state index contributed by atoms with van der Waals surface area (Å²) in [6.07, 6.45) is 0.278. The minimum absolute atomic E-state index is 0.0522. The van der Waals surface area contributed by atoms with Crippen molar-refractivity contribution >= 4 is 11.8 Å². The molecule has 0 bridgehead atoms. The van der Waals surface area contributed by atoms with Gasteiger partial charge in [-0.05, 0) is 52.7 Å². The monoisotopic (exact) mass is 380 g/mol. The first-order valence-corrected chi connectivity index (χ1v) is 9.78. The molecule has 0 heterocycles. The summed E-state index contributed by atoms with van der Waals surface area (Å²) in [4.78, 5) is 27.6. The van der Waals surface area contributed by atoms with Crippen molar-refractivity contribution in [2.45, 2.75) is 66.1 Å². The molecule has 150 valence electrons. The van der Waals surface area contributed by atoms with Crippen LogP contribution in [0.5, 0.6) is 0 Å². The van der Waals surface area contributed by atoms with E-state index in [1.54, 1.807) is 11.8 Å². The summed E-state index contributed by atoms with van der Waals surface area (Å²) in [6, 6.07) is 15.4. The highest BCUT2D eigenvalue weighted by Gasteiger charge is 2.28. The van der Waals surface area contributed by atoms with Crippen molar-refractivity contribution in [2.75, 3.05) is 0 Å². The Hall–Kier alpha value is -2.62. The second-order valence-corrected chi connectivity index (χ2v) is 8.59. The average Bonchev–Trinajstić information content (AvgIpc) is 2.57. The molecule has 0 spiro atoms. The predicted octanol–water partition coefficient (Wildman–Crippen LogP) is 4.18. The average molecular weight is 381 g/mol. The number of rotatable bonds is 6. The zero-order chi connectivity index (χ0) is 20.9. The van der Waals surface area contributed by atoms with Crippen molar-refractivity contribution < 1.29 is 9.59 Å². The van der Waals surface area contributed by atoms with E-state index in [0.29, 0.717) is 6.54 Å². The van der Waals surface area contributed by atoms with Crippen LogP contribution in [0.3, 0.4) is 0 Å². The summed E-state index contributed by atoms with van der Waals surface area (Å²) >= 11 is 0. The van der Waals surface area contributed by atoms with Gasteiger partial charge < -0.3 is 10.2 Å². The molecule has 1 unspecified atom stereocenters. The molecule has 28 heavy (non-hydrogen) atoms. The Balaban J connectivity index is 2.26. The fourth-order valence-electron chi connectivity index (χ4n) is 3.16. The highest BCUT2D eigenvalue weighted by Crippen LogP contribution is 2.15. The summed E-state index contributed by atoms with van der Waals surface area (Å²) < 4.78 is 0. The van der Waals surface area contributed by atoms with E-state index < -0.39 is 6.04 Å². The Labute approximate surface area is 169 Å². The van der Waals surface area contributed by atoms with Gasteiger partial charge in [-0.2, -0.15) is 0 Å².